The van der Waals surface area contributed by atoms with Gasteiger partial charge in [0.25, 0.3) is 0 Å². The van der Waals surface area contributed by atoms with Crippen molar-refractivity contribution in [3.63, 3.8) is 0 Å². The van der Waals surface area contributed by atoms with E-state index in [4.69, 9.17) is 15.6 Å². The fourth-order valence-electron chi connectivity index (χ4n) is 1.54. The molecular formula is C10H12BrNO3. The highest BCUT2D eigenvalue weighted by atomic mass is 79.9. The Morgan fingerprint density at radius 2 is 1.93 bits per heavy atom. The van der Waals surface area contributed by atoms with Crippen LogP contribution in [0.5, 0.6) is 5.75 Å². The van der Waals surface area contributed by atoms with Crippen molar-refractivity contribution in [3.8, 4) is 5.75 Å². The van der Waals surface area contributed by atoms with Gasteiger partial charge in [0.2, 0.25) is 0 Å². The number of aromatic carboxylic acids is 1. The van der Waals surface area contributed by atoms with Crippen LogP contribution in [0.1, 0.15) is 21.5 Å². The van der Waals surface area contributed by atoms with Gasteiger partial charge in [0, 0.05) is 11.1 Å². The van der Waals surface area contributed by atoms with Crippen LogP contribution >= 0.6 is 15.9 Å². The fraction of sp³-hybridized carbons (Fsp3) is 0.300. The van der Waals surface area contributed by atoms with E-state index in [0.29, 0.717) is 21.5 Å². The van der Waals surface area contributed by atoms with Gasteiger partial charge in [0.1, 0.15) is 5.75 Å². The summed E-state index contributed by atoms with van der Waals surface area (Å²) in [5, 5.41) is 9.04. The van der Waals surface area contributed by atoms with Crippen LogP contribution in [0.3, 0.4) is 0 Å². The highest BCUT2D eigenvalue weighted by molar-refractivity contribution is 9.10. The first kappa shape index (κ1) is 11.8. The third-order valence-electron chi connectivity index (χ3n) is 2.33. The Hall–Kier alpha value is -1.23. The van der Waals surface area contributed by atoms with Crippen LogP contribution in [0, 0.1) is 13.8 Å². The lowest BCUT2D eigenvalue weighted by atomic mass is 10.0. The summed E-state index contributed by atoms with van der Waals surface area (Å²) in [5.41, 5.74) is 7.64. The zero-order valence-corrected chi connectivity index (χ0v) is 10.3. The van der Waals surface area contributed by atoms with E-state index in [2.05, 4.69) is 15.9 Å². The molecule has 5 heteroatoms. The summed E-state index contributed by atoms with van der Waals surface area (Å²) in [5.74, 6) is -0.502. The third-order valence-corrected chi connectivity index (χ3v) is 3.16. The van der Waals surface area contributed by atoms with Crippen LogP contribution in [0.2, 0.25) is 0 Å². The highest BCUT2D eigenvalue weighted by Crippen LogP contribution is 2.37. The molecule has 0 aliphatic heterocycles. The van der Waals surface area contributed by atoms with Crippen molar-refractivity contribution < 1.29 is 14.6 Å². The standard InChI is InChI=1S/C10H12BrNO3/c1-4-6(10(13)14)7(11)8(12)5(2)9(4)15-3/h12H2,1-3H3,(H,13,14). The molecule has 0 unspecified atom stereocenters. The molecule has 0 heterocycles. The van der Waals surface area contributed by atoms with Crippen LogP contribution < -0.4 is 10.5 Å². The van der Waals surface area contributed by atoms with Crippen molar-refractivity contribution in [3.05, 3.63) is 21.2 Å². The SMILES string of the molecule is COc1c(C)c(N)c(Br)c(C(=O)O)c1C. The molecule has 15 heavy (non-hydrogen) atoms. The van der Waals surface area contributed by atoms with Gasteiger partial charge in [-0.05, 0) is 29.8 Å². The maximum atomic E-state index is 11.0. The van der Waals surface area contributed by atoms with Crippen molar-refractivity contribution in [2.45, 2.75) is 13.8 Å². The first-order chi connectivity index (χ1) is 6.91. The molecule has 0 amide bonds. The number of nitrogen functional groups attached to an aromatic ring is 1. The number of rotatable bonds is 2. The smallest absolute Gasteiger partial charge is 0.337 e. The number of carboxylic acid groups (broad SMARTS) is 1. The minimum Gasteiger partial charge on any atom is -0.496 e. The first-order valence-corrected chi connectivity index (χ1v) is 5.06. The number of carboxylic acids is 1. The molecule has 0 atom stereocenters. The molecule has 0 radical (unpaired) electrons. The maximum absolute atomic E-state index is 11.0. The average Bonchev–Trinajstić information content (AvgIpc) is 2.15. The molecule has 1 aromatic carbocycles. The first-order valence-electron chi connectivity index (χ1n) is 4.27. The number of hydrogen-bond donors (Lipinski definition) is 2. The summed E-state index contributed by atoms with van der Waals surface area (Å²) in [6, 6.07) is 0. The third kappa shape index (κ3) is 1.79. The minimum absolute atomic E-state index is 0.148. The van der Waals surface area contributed by atoms with Crippen molar-refractivity contribution >= 4 is 27.6 Å². The second-order valence-corrected chi connectivity index (χ2v) is 3.98. The molecule has 0 saturated heterocycles. The lowest BCUT2D eigenvalue weighted by Gasteiger charge is -2.15. The topological polar surface area (TPSA) is 72.5 Å². The molecule has 1 aromatic rings. The second-order valence-electron chi connectivity index (χ2n) is 3.19. The minimum atomic E-state index is -1.02. The Morgan fingerprint density at radius 3 is 2.33 bits per heavy atom. The predicted octanol–water partition coefficient (Wildman–Crippen LogP) is 2.35. The van der Waals surface area contributed by atoms with Crippen LogP contribution in [0.25, 0.3) is 0 Å². The molecule has 0 aliphatic carbocycles. The number of hydrogen-bond acceptors (Lipinski definition) is 3. The van der Waals surface area contributed by atoms with Gasteiger partial charge in [0.05, 0.1) is 22.8 Å². The summed E-state index contributed by atoms with van der Waals surface area (Å²) in [7, 11) is 1.49. The zero-order valence-electron chi connectivity index (χ0n) is 8.72. The molecule has 0 bridgehead atoms. The van der Waals surface area contributed by atoms with Gasteiger partial charge in [-0.1, -0.05) is 0 Å². The second kappa shape index (κ2) is 4.10. The van der Waals surface area contributed by atoms with Gasteiger partial charge < -0.3 is 15.6 Å². The van der Waals surface area contributed by atoms with E-state index in [0.717, 1.165) is 5.56 Å². The van der Waals surface area contributed by atoms with E-state index in [9.17, 15) is 4.79 Å². The molecule has 0 fully saturated rings. The Kier molecular flexibility index (Phi) is 3.24. The quantitative estimate of drug-likeness (QED) is 0.812. The lowest BCUT2D eigenvalue weighted by molar-refractivity contribution is 0.0694. The molecule has 0 aliphatic rings. The van der Waals surface area contributed by atoms with E-state index in [1.165, 1.54) is 7.11 Å². The zero-order chi connectivity index (χ0) is 11.7. The Labute approximate surface area is 96.2 Å². The van der Waals surface area contributed by atoms with Crippen molar-refractivity contribution in [1.29, 1.82) is 0 Å². The predicted molar refractivity (Wildman–Crippen MR) is 61.5 cm³/mol. The van der Waals surface area contributed by atoms with Gasteiger partial charge in [0.15, 0.2) is 0 Å². The average molecular weight is 274 g/mol. The van der Waals surface area contributed by atoms with Crippen LogP contribution in [0.4, 0.5) is 5.69 Å². The number of methoxy groups -OCH3 is 1. The van der Waals surface area contributed by atoms with Crippen LogP contribution in [0.15, 0.2) is 4.47 Å². The Bertz CT molecular complexity index is 429. The Morgan fingerprint density at radius 1 is 1.40 bits per heavy atom. The summed E-state index contributed by atoms with van der Waals surface area (Å²) < 4.78 is 5.55. The van der Waals surface area contributed by atoms with Gasteiger partial charge >= 0.3 is 5.97 Å². The molecule has 4 nitrogen and oxygen atoms in total. The highest BCUT2D eigenvalue weighted by Gasteiger charge is 2.21. The number of benzene rings is 1. The van der Waals surface area contributed by atoms with Crippen molar-refractivity contribution in [1.82, 2.24) is 0 Å². The van der Waals surface area contributed by atoms with E-state index >= 15 is 0 Å². The summed E-state index contributed by atoms with van der Waals surface area (Å²) >= 11 is 3.18. The number of halogens is 1. The Balaban J connectivity index is 3.68. The van der Waals surface area contributed by atoms with Crippen LogP contribution in [-0.4, -0.2) is 18.2 Å². The van der Waals surface area contributed by atoms with Crippen molar-refractivity contribution in [2.75, 3.05) is 12.8 Å². The van der Waals surface area contributed by atoms with E-state index in [1.54, 1.807) is 13.8 Å². The molecule has 0 saturated carbocycles. The van der Waals surface area contributed by atoms with Crippen LogP contribution in [-0.2, 0) is 0 Å². The lowest BCUT2D eigenvalue weighted by Crippen LogP contribution is -2.07. The number of carbonyl (C=O) groups is 1. The molecule has 1 rings (SSSR count). The monoisotopic (exact) mass is 273 g/mol. The molecule has 3 N–H and O–H groups in total. The van der Waals surface area contributed by atoms with E-state index in [1.807, 2.05) is 0 Å². The number of anilines is 1. The van der Waals surface area contributed by atoms with Crippen molar-refractivity contribution in [2.24, 2.45) is 0 Å². The van der Waals surface area contributed by atoms with Gasteiger partial charge in [-0.25, -0.2) is 4.79 Å². The van der Waals surface area contributed by atoms with E-state index in [-0.39, 0.29) is 5.56 Å². The molecule has 0 aromatic heterocycles. The normalized spacial score (nSPS) is 10.1. The van der Waals surface area contributed by atoms with Gasteiger partial charge in [-0.2, -0.15) is 0 Å². The fourth-order valence-corrected chi connectivity index (χ4v) is 2.31. The van der Waals surface area contributed by atoms with E-state index < -0.39 is 5.97 Å². The largest absolute Gasteiger partial charge is 0.496 e. The number of ether oxygens (including phenoxy) is 1. The molecular weight excluding hydrogens is 262 g/mol. The molecule has 82 valence electrons. The summed E-state index contributed by atoms with van der Waals surface area (Å²) in [6.07, 6.45) is 0. The van der Waals surface area contributed by atoms with Gasteiger partial charge in [-0.15, -0.1) is 0 Å². The summed E-state index contributed by atoms with van der Waals surface area (Å²) in [6.45, 7) is 3.48. The number of nitrogens with two attached hydrogens (primary N) is 1. The molecule has 0 spiro atoms. The maximum Gasteiger partial charge on any atom is 0.337 e. The summed E-state index contributed by atoms with van der Waals surface area (Å²) in [4.78, 5) is 11.0. The van der Waals surface area contributed by atoms with Gasteiger partial charge in [-0.3, -0.25) is 0 Å².